The lowest BCUT2D eigenvalue weighted by Gasteiger charge is -2.08. The van der Waals surface area contributed by atoms with Gasteiger partial charge in [0.2, 0.25) is 0 Å². The van der Waals surface area contributed by atoms with E-state index in [9.17, 15) is 8.78 Å². The molecule has 0 aliphatic rings. The maximum atomic E-state index is 13.5. The molecule has 1 N–H and O–H groups in total. The second-order valence-electron chi connectivity index (χ2n) is 4.06. The normalized spacial score (nSPS) is 10.4. The zero-order valence-corrected chi connectivity index (χ0v) is 10.6. The summed E-state index contributed by atoms with van der Waals surface area (Å²) in [6.45, 7) is 2.13. The second kappa shape index (κ2) is 5.36. The Hall–Kier alpha value is -1.61. The predicted molar refractivity (Wildman–Crippen MR) is 69.9 cm³/mol. The van der Waals surface area contributed by atoms with Crippen LogP contribution >= 0.6 is 11.6 Å². The Morgan fingerprint density at radius 2 is 1.83 bits per heavy atom. The molecule has 94 valence electrons. The van der Waals surface area contributed by atoms with Crippen molar-refractivity contribution in [1.29, 1.82) is 0 Å². The number of aryl methyl sites for hydroxylation is 1. The van der Waals surface area contributed by atoms with Crippen molar-refractivity contribution in [3.8, 4) is 0 Å². The third-order valence-electron chi connectivity index (χ3n) is 2.64. The molecule has 0 aliphatic carbocycles. The summed E-state index contributed by atoms with van der Waals surface area (Å²) in [5.74, 6) is -0.641. The predicted octanol–water partition coefficient (Wildman–Crippen LogP) is 4.54. The number of hydrogen-bond donors (Lipinski definition) is 1. The zero-order chi connectivity index (χ0) is 13.1. The molecule has 0 saturated heterocycles. The summed E-state index contributed by atoms with van der Waals surface area (Å²) < 4.78 is 26.6. The first-order chi connectivity index (χ1) is 8.56. The van der Waals surface area contributed by atoms with Gasteiger partial charge in [-0.1, -0.05) is 23.7 Å². The van der Waals surface area contributed by atoms with Gasteiger partial charge in [0.05, 0.1) is 5.69 Å². The van der Waals surface area contributed by atoms with Crippen LogP contribution in [0.15, 0.2) is 36.4 Å². The van der Waals surface area contributed by atoms with Crippen LogP contribution in [0.5, 0.6) is 0 Å². The van der Waals surface area contributed by atoms with Crippen molar-refractivity contribution >= 4 is 17.3 Å². The monoisotopic (exact) mass is 267 g/mol. The van der Waals surface area contributed by atoms with Crippen molar-refractivity contribution < 1.29 is 8.78 Å². The van der Waals surface area contributed by atoms with Crippen LogP contribution in [-0.4, -0.2) is 0 Å². The zero-order valence-electron chi connectivity index (χ0n) is 9.81. The van der Waals surface area contributed by atoms with Crippen LogP contribution in [0.2, 0.25) is 5.02 Å². The van der Waals surface area contributed by atoms with Gasteiger partial charge in [0.25, 0.3) is 0 Å². The van der Waals surface area contributed by atoms with Gasteiger partial charge in [0, 0.05) is 11.6 Å². The van der Waals surface area contributed by atoms with E-state index in [1.54, 1.807) is 31.2 Å². The number of rotatable bonds is 3. The minimum absolute atomic E-state index is 0.239. The molecule has 0 radical (unpaired) electrons. The van der Waals surface area contributed by atoms with Crippen LogP contribution in [0, 0.1) is 18.6 Å². The lowest BCUT2D eigenvalue weighted by Crippen LogP contribution is -2.02. The number of anilines is 1. The number of benzene rings is 2. The highest BCUT2D eigenvalue weighted by atomic mass is 35.5. The molecular formula is C14H12ClF2N. The van der Waals surface area contributed by atoms with E-state index in [2.05, 4.69) is 5.32 Å². The van der Waals surface area contributed by atoms with Crippen molar-refractivity contribution in [2.24, 2.45) is 0 Å². The average Bonchev–Trinajstić information content (AvgIpc) is 2.32. The molecule has 0 heterocycles. The molecule has 0 spiro atoms. The lowest BCUT2D eigenvalue weighted by molar-refractivity contribution is 0.617. The van der Waals surface area contributed by atoms with Crippen molar-refractivity contribution in [3.63, 3.8) is 0 Å². The van der Waals surface area contributed by atoms with E-state index < -0.39 is 5.82 Å². The van der Waals surface area contributed by atoms with Gasteiger partial charge in [-0.25, -0.2) is 8.78 Å². The molecule has 0 amide bonds. The molecule has 1 nitrogen and oxygen atoms in total. The summed E-state index contributed by atoms with van der Waals surface area (Å²) in [5, 5.41) is 3.30. The maximum absolute atomic E-state index is 13.5. The van der Waals surface area contributed by atoms with Gasteiger partial charge in [-0.3, -0.25) is 0 Å². The standard InChI is InChI=1S/C14H12ClF2N/c1-9-6-10(2-4-12(9)16)8-18-14-5-3-11(15)7-13(14)17/h2-7,18H,8H2,1H3. The molecule has 2 aromatic carbocycles. The topological polar surface area (TPSA) is 12.0 Å². The van der Waals surface area contributed by atoms with Crippen LogP contribution in [-0.2, 0) is 6.54 Å². The first kappa shape index (κ1) is 12.8. The Morgan fingerprint density at radius 1 is 1.06 bits per heavy atom. The fourth-order valence-corrected chi connectivity index (χ4v) is 1.81. The summed E-state index contributed by atoms with van der Waals surface area (Å²) in [7, 11) is 0. The van der Waals surface area contributed by atoms with E-state index >= 15 is 0 Å². The molecule has 18 heavy (non-hydrogen) atoms. The Balaban J connectivity index is 2.09. The first-order valence-corrected chi connectivity index (χ1v) is 5.88. The summed E-state index contributed by atoms with van der Waals surface area (Å²) in [4.78, 5) is 0. The van der Waals surface area contributed by atoms with Crippen LogP contribution in [0.1, 0.15) is 11.1 Å². The minimum Gasteiger partial charge on any atom is -0.379 e. The Kier molecular flexibility index (Phi) is 3.82. The molecule has 4 heteroatoms. The molecule has 0 bridgehead atoms. The van der Waals surface area contributed by atoms with Crippen LogP contribution in [0.3, 0.4) is 0 Å². The Labute approximate surface area is 109 Å². The van der Waals surface area contributed by atoms with E-state index in [1.807, 2.05) is 0 Å². The van der Waals surface area contributed by atoms with Gasteiger partial charge in [-0.2, -0.15) is 0 Å². The fraction of sp³-hybridized carbons (Fsp3) is 0.143. The molecule has 0 saturated carbocycles. The number of nitrogens with one attached hydrogen (secondary N) is 1. The average molecular weight is 268 g/mol. The van der Waals surface area contributed by atoms with Crippen LogP contribution in [0.25, 0.3) is 0 Å². The summed E-state index contributed by atoms with van der Waals surface area (Å²) in [6, 6.07) is 9.25. The fourth-order valence-electron chi connectivity index (χ4n) is 1.65. The van der Waals surface area contributed by atoms with Crippen molar-refractivity contribution in [3.05, 3.63) is 64.2 Å². The van der Waals surface area contributed by atoms with Gasteiger partial charge in [0.1, 0.15) is 11.6 Å². The molecule has 0 aromatic heterocycles. The number of hydrogen-bond acceptors (Lipinski definition) is 1. The third-order valence-corrected chi connectivity index (χ3v) is 2.87. The maximum Gasteiger partial charge on any atom is 0.147 e. The molecule has 0 atom stereocenters. The highest BCUT2D eigenvalue weighted by Crippen LogP contribution is 2.20. The van der Waals surface area contributed by atoms with Crippen molar-refractivity contribution in [2.75, 3.05) is 5.32 Å². The highest BCUT2D eigenvalue weighted by Gasteiger charge is 2.03. The summed E-state index contributed by atoms with van der Waals surface area (Å²) in [6.07, 6.45) is 0. The lowest BCUT2D eigenvalue weighted by atomic mass is 10.1. The molecule has 0 fully saturated rings. The van der Waals surface area contributed by atoms with Gasteiger partial charge in [0.15, 0.2) is 0 Å². The van der Waals surface area contributed by atoms with Gasteiger partial charge < -0.3 is 5.32 Å². The Morgan fingerprint density at radius 3 is 2.50 bits per heavy atom. The van der Waals surface area contributed by atoms with E-state index in [4.69, 9.17) is 11.6 Å². The van der Waals surface area contributed by atoms with E-state index in [0.29, 0.717) is 22.8 Å². The van der Waals surface area contributed by atoms with Gasteiger partial charge in [-0.05, 0) is 42.3 Å². The van der Waals surface area contributed by atoms with Crippen molar-refractivity contribution in [1.82, 2.24) is 0 Å². The molecule has 0 aliphatic heterocycles. The third kappa shape index (κ3) is 2.99. The summed E-state index contributed by atoms with van der Waals surface area (Å²) >= 11 is 5.66. The van der Waals surface area contributed by atoms with E-state index in [1.165, 1.54) is 12.1 Å². The molecular weight excluding hydrogens is 256 g/mol. The smallest absolute Gasteiger partial charge is 0.147 e. The summed E-state index contributed by atoms with van der Waals surface area (Å²) in [5.41, 5.74) is 1.84. The minimum atomic E-state index is -0.402. The first-order valence-electron chi connectivity index (χ1n) is 5.50. The van der Waals surface area contributed by atoms with E-state index in [0.717, 1.165) is 5.56 Å². The van der Waals surface area contributed by atoms with Gasteiger partial charge in [-0.15, -0.1) is 0 Å². The van der Waals surface area contributed by atoms with E-state index in [-0.39, 0.29) is 5.82 Å². The Bertz CT molecular complexity index is 570. The highest BCUT2D eigenvalue weighted by molar-refractivity contribution is 6.30. The quantitative estimate of drug-likeness (QED) is 0.861. The number of halogens is 3. The van der Waals surface area contributed by atoms with Gasteiger partial charge >= 0.3 is 0 Å². The van der Waals surface area contributed by atoms with Crippen LogP contribution in [0.4, 0.5) is 14.5 Å². The molecule has 2 aromatic rings. The second-order valence-corrected chi connectivity index (χ2v) is 4.50. The SMILES string of the molecule is Cc1cc(CNc2ccc(Cl)cc2F)ccc1F. The molecule has 2 rings (SSSR count). The van der Waals surface area contributed by atoms with Crippen molar-refractivity contribution in [2.45, 2.75) is 13.5 Å². The largest absolute Gasteiger partial charge is 0.379 e. The molecule has 0 unspecified atom stereocenters. The van der Waals surface area contributed by atoms with Crippen LogP contribution < -0.4 is 5.32 Å².